The highest BCUT2D eigenvalue weighted by Gasteiger charge is 2.30. The van der Waals surface area contributed by atoms with E-state index in [4.69, 9.17) is 11.6 Å². The van der Waals surface area contributed by atoms with E-state index in [2.05, 4.69) is 36.9 Å². The predicted octanol–water partition coefficient (Wildman–Crippen LogP) is 6.16. The summed E-state index contributed by atoms with van der Waals surface area (Å²) in [4.78, 5) is 21.4. The lowest BCUT2D eigenvalue weighted by Crippen LogP contribution is -2.23. The van der Waals surface area contributed by atoms with Crippen LogP contribution in [-0.4, -0.2) is 37.1 Å². The van der Waals surface area contributed by atoms with Gasteiger partial charge in [0.2, 0.25) is 0 Å². The van der Waals surface area contributed by atoms with E-state index in [0.717, 1.165) is 20.2 Å². The molecule has 0 aromatic heterocycles. The van der Waals surface area contributed by atoms with Crippen LogP contribution in [-0.2, 0) is 4.79 Å². The van der Waals surface area contributed by atoms with Gasteiger partial charge in [-0.1, -0.05) is 17.7 Å². The maximum atomic E-state index is 12.6. The molecule has 140 valence electrons. The molecule has 0 N–H and O–H groups in total. The largest absolute Gasteiger partial charge is 0.377 e. The van der Waals surface area contributed by atoms with Crippen LogP contribution in [0.15, 0.2) is 55.2 Å². The molecule has 8 heteroatoms. The lowest BCUT2D eigenvalue weighted by atomic mass is 10.2. The number of aliphatic imine (C=N–C) groups is 1. The summed E-state index contributed by atoms with van der Waals surface area (Å²) in [5.74, 6) is -0.0743. The zero-order valence-electron chi connectivity index (χ0n) is 14.8. The van der Waals surface area contributed by atoms with Gasteiger partial charge in [-0.15, -0.1) is 0 Å². The number of thioether (sulfide) groups is 1. The van der Waals surface area contributed by atoms with Crippen molar-refractivity contribution in [2.75, 3.05) is 26.0 Å². The smallest absolute Gasteiger partial charge is 0.266 e. The highest BCUT2D eigenvalue weighted by molar-refractivity contribution is 9.11. The van der Waals surface area contributed by atoms with Crippen molar-refractivity contribution in [3.63, 3.8) is 0 Å². The summed E-state index contributed by atoms with van der Waals surface area (Å²) < 4.78 is 1.79. The zero-order chi connectivity index (χ0) is 19.7. The van der Waals surface area contributed by atoms with E-state index in [1.807, 2.05) is 55.4 Å². The normalized spacial score (nSPS) is 17.3. The summed E-state index contributed by atoms with van der Waals surface area (Å²) in [7, 11) is 5.70. The number of hydrogen-bond acceptors (Lipinski definition) is 4. The Labute approximate surface area is 184 Å². The fourth-order valence-electron chi connectivity index (χ4n) is 2.44. The van der Waals surface area contributed by atoms with Crippen LogP contribution in [0.4, 0.5) is 11.4 Å². The SMILES string of the molecule is CN1C(=O)/C(=C/c2ccc(N(C)C)c(Br)c2)SC1=Nc1ccc(Br)c(Cl)c1. The molecule has 0 aliphatic carbocycles. The number of hydrogen-bond donors (Lipinski definition) is 0. The third-order valence-corrected chi connectivity index (χ3v) is 6.81. The van der Waals surface area contributed by atoms with Gasteiger partial charge in [0, 0.05) is 30.1 Å². The van der Waals surface area contributed by atoms with Gasteiger partial charge >= 0.3 is 0 Å². The number of anilines is 1. The maximum absolute atomic E-state index is 12.6. The molecule has 4 nitrogen and oxygen atoms in total. The predicted molar refractivity (Wildman–Crippen MR) is 123 cm³/mol. The van der Waals surface area contributed by atoms with Crippen LogP contribution in [0.5, 0.6) is 0 Å². The lowest BCUT2D eigenvalue weighted by Gasteiger charge is -2.14. The van der Waals surface area contributed by atoms with Crippen LogP contribution in [0, 0.1) is 0 Å². The summed E-state index contributed by atoms with van der Waals surface area (Å²) in [5, 5.41) is 1.20. The summed E-state index contributed by atoms with van der Waals surface area (Å²) in [6.07, 6.45) is 1.88. The molecule has 1 amide bonds. The summed E-state index contributed by atoms with van der Waals surface area (Å²) in [5.41, 5.74) is 2.73. The van der Waals surface area contributed by atoms with Crippen LogP contribution in [0.25, 0.3) is 6.08 Å². The van der Waals surface area contributed by atoms with Crippen LogP contribution >= 0.6 is 55.2 Å². The topological polar surface area (TPSA) is 35.9 Å². The van der Waals surface area contributed by atoms with Gasteiger partial charge in [-0.25, -0.2) is 4.99 Å². The Morgan fingerprint density at radius 2 is 1.89 bits per heavy atom. The summed E-state index contributed by atoms with van der Waals surface area (Å²) in [6, 6.07) is 11.5. The molecule has 0 radical (unpaired) electrons. The van der Waals surface area contributed by atoms with Crippen molar-refractivity contribution in [2.45, 2.75) is 0 Å². The average molecular weight is 530 g/mol. The molecule has 0 unspecified atom stereocenters. The van der Waals surface area contributed by atoms with Crippen LogP contribution in [0.1, 0.15) is 5.56 Å². The molecule has 1 fully saturated rings. The number of rotatable bonds is 3. The quantitative estimate of drug-likeness (QED) is 0.447. The third-order valence-electron chi connectivity index (χ3n) is 3.88. The molecule has 2 aromatic rings. The Morgan fingerprint density at radius 1 is 1.15 bits per heavy atom. The first-order valence-electron chi connectivity index (χ1n) is 7.94. The van der Waals surface area contributed by atoms with Gasteiger partial charge in [-0.3, -0.25) is 9.69 Å². The minimum absolute atomic E-state index is 0.0743. The number of carbonyl (C=O) groups is 1. The van der Waals surface area contributed by atoms with Crippen molar-refractivity contribution >= 4 is 83.7 Å². The van der Waals surface area contributed by atoms with E-state index in [0.29, 0.717) is 20.8 Å². The molecule has 1 saturated heterocycles. The highest BCUT2D eigenvalue weighted by Crippen LogP contribution is 2.35. The molecular formula is C19H16Br2ClN3OS. The Bertz CT molecular complexity index is 975. The van der Waals surface area contributed by atoms with Crippen molar-refractivity contribution in [2.24, 2.45) is 4.99 Å². The van der Waals surface area contributed by atoms with Crippen molar-refractivity contribution in [1.29, 1.82) is 0 Å². The molecule has 1 aliphatic rings. The van der Waals surface area contributed by atoms with Gasteiger partial charge in [-0.05, 0) is 85.6 Å². The average Bonchev–Trinajstić information content (AvgIpc) is 2.86. The number of benzene rings is 2. The van der Waals surface area contributed by atoms with E-state index in [9.17, 15) is 4.79 Å². The zero-order valence-corrected chi connectivity index (χ0v) is 19.6. The molecule has 2 aromatic carbocycles. The second kappa shape index (κ2) is 8.39. The number of halogens is 3. The van der Waals surface area contributed by atoms with Gasteiger partial charge in [0.1, 0.15) is 0 Å². The minimum Gasteiger partial charge on any atom is -0.377 e. The molecular weight excluding hydrogens is 514 g/mol. The third kappa shape index (κ3) is 4.59. The van der Waals surface area contributed by atoms with E-state index in [-0.39, 0.29) is 5.91 Å². The van der Waals surface area contributed by atoms with Crippen molar-refractivity contribution in [1.82, 2.24) is 4.90 Å². The highest BCUT2D eigenvalue weighted by atomic mass is 79.9. The molecule has 3 rings (SSSR count). The lowest BCUT2D eigenvalue weighted by molar-refractivity contribution is -0.121. The molecule has 0 bridgehead atoms. The van der Waals surface area contributed by atoms with E-state index >= 15 is 0 Å². The number of nitrogens with zero attached hydrogens (tertiary/aromatic N) is 3. The Kier molecular flexibility index (Phi) is 6.35. The fraction of sp³-hybridized carbons (Fsp3) is 0.158. The number of likely N-dealkylation sites (N-methyl/N-ethyl adjacent to an activating group) is 1. The van der Waals surface area contributed by atoms with Gasteiger partial charge in [0.05, 0.1) is 21.3 Å². The molecule has 0 atom stereocenters. The van der Waals surface area contributed by atoms with E-state index < -0.39 is 0 Å². The monoisotopic (exact) mass is 527 g/mol. The number of amides is 1. The Morgan fingerprint density at radius 3 is 2.52 bits per heavy atom. The van der Waals surface area contributed by atoms with Crippen molar-refractivity contribution < 1.29 is 4.79 Å². The van der Waals surface area contributed by atoms with Crippen molar-refractivity contribution in [3.05, 3.63) is 60.8 Å². The van der Waals surface area contributed by atoms with Crippen LogP contribution in [0.2, 0.25) is 5.02 Å². The van der Waals surface area contributed by atoms with Gasteiger partial charge in [0.15, 0.2) is 5.17 Å². The summed E-state index contributed by atoms with van der Waals surface area (Å²) >= 11 is 14.4. The summed E-state index contributed by atoms with van der Waals surface area (Å²) in [6.45, 7) is 0. The number of carbonyl (C=O) groups excluding carboxylic acids is 1. The minimum atomic E-state index is -0.0743. The second-order valence-electron chi connectivity index (χ2n) is 6.07. The standard InChI is InChI=1S/C19H16Br2ClN3OS/c1-24(2)16-7-4-11(8-14(16)21)9-17-18(26)25(3)19(27-17)23-12-5-6-13(20)15(22)10-12/h4-10H,1-3H3/b17-9-,23-19?. The first-order chi connectivity index (χ1) is 12.8. The maximum Gasteiger partial charge on any atom is 0.266 e. The van der Waals surface area contributed by atoms with Crippen LogP contribution < -0.4 is 4.90 Å². The fourth-order valence-corrected chi connectivity index (χ4v) is 4.60. The van der Waals surface area contributed by atoms with Gasteiger partial charge < -0.3 is 4.90 Å². The molecule has 1 heterocycles. The molecule has 1 aliphatic heterocycles. The molecule has 27 heavy (non-hydrogen) atoms. The first kappa shape index (κ1) is 20.5. The molecule has 0 saturated carbocycles. The van der Waals surface area contributed by atoms with Crippen LogP contribution in [0.3, 0.4) is 0 Å². The molecule has 0 spiro atoms. The Hall–Kier alpha value is -1.28. The van der Waals surface area contributed by atoms with Gasteiger partial charge in [-0.2, -0.15) is 0 Å². The number of amidine groups is 1. The van der Waals surface area contributed by atoms with E-state index in [1.54, 1.807) is 18.0 Å². The van der Waals surface area contributed by atoms with Crippen molar-refractivity contribution in [3.8, 4) is 0 Å². The van der Waals surface area contributed by atoms with Gasteiger partial charge in [0.25, 0.3) is 5.91 Å². The second-order valence-corrected chi connectivity index (χ2v) is 9.20. The first-order valence-corrected chi connectivity index (χ1v) is 10.7. The van der Waals surface area contributed by atoms with E-state index in [1.165, 1.54) is 11.8 Å². The Balaban J connectivity index is 1.89.